The third-order valence-electron chi connectivity index (χ3n) is 5.27. The number of hydrogen-bond donors (Lipinski definition) is 2. The van der Waals surface area contributed by atoms with Gasteiger partial charge in [0.05, 0.1) is 17.3 Å². The van der Waals surface area contributed by atoms with Crippen molar-refractivity contribution in [3.8, 4) is 17.1 Å². The summed E-state index contributed by atoms with van der Waals surface area (Å²) in [7, 11) is 1.68. The van der Waals surface area contributed by atoms with Gasteiger partial charge in [-0.3, -0.25) is 9.48 Å². The second kappa shape index (κ2) is 8.38. The number of fused-ring (bicyclic) bond motifs is 2. The smallest absolute Gasteiger partial charge is 0.406 e. The lowest BCUT2D eigenvalue weighted by Crippen LogP contribution is -2.23. The van der Waals surface area contributed by atoms with Gasteiger partial charge in [-0.2, -0.15) is 5.10 Å². The van der Waals surface area contributed by atoms with Crippen LogP contribution in [0.5, 0.6) is 5.75 Å². The van der Waals surface area contributed by atoms with E-state index in [0.29, 0.717) is 33.5 Å². The Balaban J connectivity index is 1.41. The number of hydrogen-bond acceptors (Lipinski definition) is 5. The Labute approximate surface area is 194 Å². The van der Waals surface area contributed by atoms with Crippen LogP contribution in [0.25, 0.3) is 33.5 Å². The summed E-state index contributed by atoms with van der Waals surface area (Å²) in [5.74, 6) is -1.28. The summed E-state index contributed by atoms with van der Waals surface area (Å²) in [5, 5.41) is 7.75. The van der Waals surface area contributed by atoms with E-state index in [9.17, 15) is 22.4 Å². The molecule has 12 heteroatoms. The third kappa shape index (κ3) is 4.50. The number of benzene rings is 2. The fourth-order valence-electron chi connectivity index (χ4n) is 3.73. The summed E-state index contributed by atoms with van der Waals surface area (Å²) in [4.78, 5) is 24.6. The number of aryl methyl sites for hydroxylation is 1. The number of nitrogens with zero attached hydrogens (tertiary/aromatic N) is 4. The molecule has 3 aromatic heterocycles. The second-order valence-corrected chi connectivity index (χ2v) is 7.67. The molecule has 0 aliphatic carbocycles. The number of aromatic amines is 1. The van der Waals surface area contributed by atoms with Gasteiger partial charge < -0.3 is 15.0 Å². The van der Waals surface area contributed by atoms with Gasteiger partial charge in [-0.1, -0.05) is 12.1 Å². The largest absolute Gasteiger partial charge is 0.573 e. The number of alkyl halides is 3. The van der Waals surface area contributed by atoms with E-state index in [1.807, 2.05) is 0 Å². The van der Waals surface area contributed by atoms with Crippen LogP contribution in [0.2, 0.25) is 0 Å². The van der Waals surface area contributed by atoms with Crippen LogP contribution in [-0.4, -0.2) is 37.0 Å². The number of ether oxygens (including phenoxy) is 1. The number of H-pyrrole nitrogens is 1. The molecule has 0 saturated heterocycles. The summed E-state index contributed by atoms with van der Waals surface area (Å²) in [6.45, 7) is -0.0376. The van der Waals surface area contributed by atoms with Crippen molar-refractivity contribution in [1.82, 2.24) is 30.0 Å². The van der Waals surface area contributed by atoms with Gasteiger partial charge in [0.2, 0.25) is 0 Å². The molecule has 5 rings (SSSR count). The van der Waals surface area contributed by atoms with Crippen molar-refractivity contribution in [3.63, 3.8) is 0 Å². The van der Waals surface area contributed by atoms with Crippen molar-refractivity contribution >= 4 is 28.0 Å². The van der Waals surface area contributed by atoms with E-state index >= 15 is 0 Å². The Morgan fingerprint density at radius 3 is 2.83 bits per heavy atom. The van der Waals surface area contributed by atoms with Crippen molar-refractivity contribution in [3.05, 3.63) is 71.8 Å². The quantitative estimate of drug-likeness (QED) is 0.359. The topological polar surface area (TPSA) is 97.7 Å². The average Bonchev–Trinajstić information content (AvgIpc) is 3.37. The zero-order valence-corrected chi connectivity index (χ0v) is 18.0. The first-order chi connectivity index (χ1) is 16.7. The van der Waals surface area contributed by atoms with Crippen LogP contribution < -0.4 is 10.1 Å². The predicted octanol–water partition coefficient (Wildman–Crippen LogP) is 4.48. The predicted molar refractivity (Wildman–Crippen MR) is 118 cm³/mol. The Morgan fingerprint density at radius 2 is 2.03 bits per heavy atom. The van der Waals surface area contributed by atoms with Gasteiger partial charge >= 0.3 is 6.36 Å². The number of carbonyl (C=O) groups excluding carboxylic acids is 1. The molecule has 178 valence electrons. The minimum absolute atomic E-state index is 0.0376. The number of nitrogens with one attached hydrogen (secondary N) is 2. The van der Waals surface area contributed by atoms with Gasteiger partial charge in [0.1, 0.15) is 28.5 Å². The summed E-state index contributed by atoms with van der Waals surface area (Å²) in [6.07, 6.45) is -1.87. The summed E-state index contributed by atoms with van der Waals surface area (Å²) in [5.41, 5.74) is 2.71. The van der Waals surface area contributed by atoms with Gasteiger partial charge in [-0.05, 0) is 35.9 Å². The van der Waals surface area contributed by atoms with Gasteiger partial charge in [0.15, 0.2) is 5.65 Å². The minimum Gasteiger partial charge on any atom is -0.406 e. The molecule has 0 fully saturated rings. The van der Waals surface area contributed by atoms with Crippen molar-refractivity contribution < 1.29 is 27.1 Å². The van der Waals surface area contributed by atoms with Crippen LogP contribution in [0.4, 0.5) is 17.6 Å². The minimum atomic E-state index is -4.81. The van der Waals surface area contributed by atoms with Crippen molar-refractivity contribution in [2.45, 2.75) is 12.9 Å². The SMILES string of the molecule is Cn1nc(-c2cnc3[nH]cc(C(=O)NCc4cccc(OC(F)(F)F)c4)c3n2)c2ccc(F)cc21. The van der Waals surface area contributed by atoms with Crippen molar-refractivity contribution in [2.75, 3.05) is 0 Å². The molecule has 0 aliphatic heterocycles. The highest BCUT2D eigenvalue weighted by Crippen LogP contribution is 2.28. The molecule has 1 amide bonds. The number of carbonyl (C=O) groups is 1. The standard InChI is InChI=1S/C23H16F4N6O2/c1-33-18-8-13(24)5-6-15(18)19(32-33)17-11-29-21-20(31-17)16(10-28-21)22(34)30-9-12-3-2-4-14(7-12)35-23(25,26)27/h2-8,10-11H,9H2,1H3,(H,28,29)(H,30,34). The van der Waals surface area contributed by atoms with E-state index < -0.39 is 18.1 Å². The highest BCUT2D eigenvalue weighted by atomic mass is 19.4. The van der Waals surface area contributed by atoms with Crippen LogP contribution in [0, 0.1) is 5.82 Å². The van der Waals surface area contributed by atoms with Crippen LogP contribution in [0.15, 0.2) is 54.9 Å². The molecular formula is C23H16F4N6O2. The molecule has 0 saturated carbocycles. The van der Waals surface area contributed by atoms with Crippen LogP contribution in [0.1, 0.15) is 15.9 Å². The molecule has 0 radical (unpaired) electrons. The molecule has 0 aliphatic rings. The molecule has 35 heavy (non-hydrogen) atoms. The highest BCUT2D eigenvalue weighted by Gasteiger charge is 2.31. The Bertz CT molecular complexity index is 1570. The van der Waals surface area contributed by atoms with Crippen molar-refractivity contribution in [2.24, 2.45) is 7.05 Å². The van der Waals surface area contributed by atoms with E-state index in [1.165, 1.54) is 47.4 Å². The van der Waals surface area contributed by atoms with Gasteiger partial charge in [0.25, 0.3) is 5.91 Å². The maximum atomic E-state index is 13.7. The highest BCUT2D eigenvalue weighted by molar-refractivity contribution is 6.05. The molecule has 2 aromatic carbocycles. The first-order valence-electron chi connectivity index (χ1n) is 10.3. The third-order valence-corrected chi connectivity index (χ3v) is 5.27. The average molecular weight is 484 g/mol. The Hall–Kier alpha value is -4.48. The Kier molecular flexibility index (Phi) is 5.35. The summed E-state index contributed by atoms with van der Waals surface area (Å²) in [6, 6.07) is 9.60. The number of rotatable bonds is 5. The molecule has 8 nitrogen and oxygen atoms in total. The molecule has 2 N–H and O–H groups in total. The maximum Gasteiger partial charge on any atom is 0.573 e. The normalized spacial score (nSPS) is 11.8. The fourth-order valence-corrected chi connectivity index (χ4v) is 3.73. The van der Waals surface area contributed by atoms with E-state index in [-0.39, 0.29) is 23.4 Å². The number of aromatic nitrogens is 5. The first kappa shape index (κ1) is 22.3. The van der Waals surface area contributed by atoms with Crippen LogP contribution in [-0.2, 0) is 13.6 Å². The van der Waals surface area contributed by atoms with E-state index in [4.69, 9.17) is 0 Å². The van der Waals surface area contributed by atoms with Gasteiger partial charge in [-0.25, -0.2) is 14.4 Å². The van der Waals surface area contributed by atoms with E-state index in [0.717, 1.165) is 0 Å². The summed E-state index contributed by atoms with van der Waals surface area (Å²) >= 11 is 0. The lowest BCUT2D eigenvalue weighted by atomic mass is 10.1. The molecule has 5 aromatic rings. The maximum absolute atomic E-state index is 13.7. The first-order valence-corrected chi connectivity index (χ1v) is 10.3. The lowest BCUT2D eigenvalue weighted by Gasteiger charge is -2.10. The van der Waals surface area contributed by atoms with Crippen molar-refractivity contribution in [1.29, 1.82) is 0 Å². The number of amides is 1. The molecule has 0 atom stereocenters. The molecular weight excluding hydrogens is 468 g/mol. The van der Waals surface area contributed by atoms with Gasteiger partial charge in [-0.15, -0.1) is 13.2 Å². The molecule has 3 heterocycles. The second-order valence-electron chi connectivity index (χ2n) is 7.67. The number of halogens is 4. The molecule has 0 spiro atoms. The van der Waals surface area contributed by atoms with Crippen LogP contribution in [0.3, 0.4) is 0 Å². The van der Waals surface area contributed by atoms with Crippen LogP contribution >= 0.6 is 0 Å². The molecule has 0 unspecified atom stereocenters. The fraction of sp³-hybridized carbons (Fsp3) is 0.130. The zero-order chi connectivity index (χ0) is 24.7. The lowest BCUT2D eigenvalue weighted by molar-refractivity contribution is -0.274. The molecule has 0 bridgehead atoms. The van der Waals surface area contributed by atoms with Gasteiger partial charge in [0, 0.05) is 25.2 Å². The zero-order valence-electron chi connectivity index (χ0n) is 18.0. The monoisotopic (exact) mass is 484 g/mol. The summed E-state index contributed by atoms with van der Waals surface area (Å²) < 4.78 is 56.4. The van der Waals surface area contributed by atoms with E-state index in [2.05, 4.69) is 30.1 Å². The van der Waals surface area contributed by atoms with E-state index in [1.54, 1.807) is 19.2 Å². The Morgan fingerprint density at radius 1 is 1.20 bits per heavy atom.